The smallest absolute Gasteiger partial charge is 0.161 e. The van der Waals surface area contributed by atoms with E-state index < -0.39 is 6.10 Å². The summed E-state index contributed by atoms with van der Waals surface area (Å²) in [7, 11) is 3.12. The van der Waals surface area contributed by atoms with Gasteiger partial charge in [0.15, 0.2) is 11.5 Å². The summed E-state index contributed by atoms with van der Waals surface area (Å²) in [5.41, 5.74) is 0.663. The number of benzene rings is 2. The third-order valence-corrected chi connectivity index (χ3v) is 3.32. The first-order valence-corrected chi connectivity index (χ1v) is 6.80. The fourth-order valence-electron chi connectivity index (χ4n) is 1.89. The zero-order valence-corrected chi connectivity index (χ0v) is 12.6. The minimum Gasteiger partial charge on any atom is -0.495 e. The Morgan fingerprint density at radius 1 is 1.00 bits per heavy atom. The summed E-state index contributed by atoms with van der Waals surface area (Å²) in [6.07, 6.45) is -0.793. The van der Waals surface area contributed by atoms with Gasteiger partial charge in [0.2, 0.25) is 0 Å². The molecule has 0 saturated heterocycles. The van der Waals surface area contributed by atoms with Crippen molar-refractivity contribution in [2.24, 2.45) is 0 Å². The lowest BCUT2D eigenvalue weighted by Gasteiger charge is -2.15. The first-order chi connectivity index (χ1) is 10.2. The van der Waals surface area contributed by atoms with E-state index in [1.807, 2.05) is 12.1 Å². The number of aliphatic hydroxyl groups excluding tert-OH is 1. The molecule has 1 unspecified atom stereocenters. The molecule has 0 bridgehead atoms. The van der Waals surface area contributed by atoms with E-state index in [2.05, 4.69) is 0 Å². The average Bonchev–Trinajstić information content (AvgIpc) is 2.52. The molecule has 0 fully saturated rings. The van der Waals surface area contributed by atoms with Crippen molar-refractivity contribution in [1.29, 1.82) is 0 Å². The molecule has 0 heterocycles. The van der Waals surface area contributed by atoms with E-state index in [0.717, 1.165) is 0 Å². The van der Waals surface area contributed by atoms with Gasteiger partial charge < -0.3 is 19.3 Å². The van der Waals surface area contributed by atoms with Gasteiger partial charge in [0.1, 0.15) is 18.5 Å². The monoisotopic (exact) mass is 308 g/mol. The number of ether oxygens (including phenoxy) is 3. The Kier molecular flexibility index (Phi) is 5.31. The molecule has 2 aromatic rings. The van der Waals surface area contributed by atoms with E-state index in [1.165, 1.54) is 0 Å². The Morgan fingerprint density at radius 3 is 2.29 bits per heavy atom. The normalized spacial score (nSPS) is 11.8. The fourth-order valence-corrected chi connectivity index (χ4v) is 2.16. The number of aliphatic hydroxyl groups is 1. The van der Waals surface area contributed by atoms with E-state index in [4.69, 9.17) is 25.8 Å². The molecule has 112 valence electrons. The van der Waals surface area contributed by atoms with Crippen molar-refractivity contribution in [2.75, 3.05) is 20.8 Å². The van der Waals surface area contributed by atoms with E-state index in [1.54, 1.807) is 44.6 Å². The molecule has 2 rings (SSSR count). The van der Waals surface area contributed by atoms with Gasteiger partial charge in [-0.05, 0) is 29.8 Å². The van der Waals surface area contributed by atoms with Gasteiger partial charge in [-0.2, -0.15) is 0 Å². The van der Waals surface area contributed by atoms with Gasteiger partial charge in [-0.3, -0.25) is 0 Å². The maximum atomic E-state index is 10.2. The summed E-state index contributed by atoms with van der Waals surface area (Å²) in [4.78, 5) is 0. The lowest BCUT2D eigenvalue weighted by molar-refractivity contribution is 0.106. The van der Waals surface area contributed by atoms with Crippen LogP contribution in [0.1, 0.15) is 11.7 Å². The topological polar surface area (TPSA) is 47.9 Å². The molecular formula is C16H17ClO4. The summed E-state index contributed by atoms with van der Waals surface area (Å²) >= 11 is 6.04. The molecule has 4 nitrogen and oxygen atoms in total. The Bertz CT molecular complexity index is 601. The lowest BCUT2D eigenvalue weighted by atomic mass is 10.1. The lowest BCUT2D eigenvalue weighted by Crippen LogP contribution is -2.10. The van der Waals surface area contributed by atoms with Gasteiger partial charge >= 0.3 is 0 Å². The van der Waals surface area contributed by atoms with E-state index in [-0.39, 0.29) is 6.61 Å². The molecule has 1 atom stereocenters. The molecule has 2 aromatic carbocycles. The number of rotatable bonds is 6. The number of hydrogen-bond acceptors (Lipinski definition) is 4. The number of methoxy groups -OCH3 is 2. The van der Waals surface area contributed by atoms with Crippen LogP contribution in [0.2, 0.25) is 5.02 Å². The van der Waals surface area contributed by atoms with Crippen LogP contribution in [0.4, 0.5) is 0 Å². The molecule has 1 N–H and O–H groups in total. The molecule has 21 heavy (non-hydrogen) atoms. The molecule has 0 aliphatic rings. The molecule has 0 aliphatic carbocycles. The third-order valence-electron chi connectivity index (χ3n) is 3.03. The molecule has 0 saturated carbocycles. The number of para-hydroxylation sites is 2. The summed E-state index contributed by atoms with van der Waals surface area (Å²) in [6, 6.07) is 12.4. The molecule has 0 radical (unpaired) electrons. The van der Waals surface area contributed by atoms with E-state index in [0.29, 0.717) is 27.8 Å². The highest BCUT2D eigenvalue weighted by atomic mass is 35.5. The second-order valence-corrected chi connectivity index (χ2v) is 4.78. The highest BCUT2D eigenvalue weighted by Gasteiger charge is 2.12. The SMILES string of the molecule is COc1ccc(C(O)COc2ccccc2OC)cc1Cl. The summed E-state index contributed by atoms with van der Waals surface area (Å²) < 4.78 is 15.9. The predicted octanol–water partition coefficient (Wildman–Crippen LogP) is 3.47. The van der Waals surface area contributed by atoms with Crippen molar-refractivity contribution in [3.63, 3.8) is 0 Å². The Labute approximate surface area is 128 Å². The van der Waals surface area contributed by atoms with Gasteiger partial charge in [-0.1, -0.05) is 29.8 Å². The number of halogens is 1. The second kappa shape index (κ2) is 7.20. The molecule has 0 amide bonds. The van der Waals surface area contributed by atoms with Crippen LogP contribution >= 0.6 is 11.6 Å². The standard InChI is InChI=1S/C16H17ClO4/c1-19-14-8-7-11(9-12(14)17)13(18)10-21-16-6-4-3-5-15(16)20-2/h3-9,13,18H,10H2,1-2H3. The highest BCUT2D eigenvalue weighted by Crippen LogP contribution is 2.29. The average molecular weight is 309 g/mol. The maximum Gasteiger partial charge on any atom is 0.161 e. The molecule has 0 aliphatic heterocycles. The highest BCUT2D eigenvalue weighted by molar-refractivity contribution is 6.32. The van der Waals surface area contributed by atoms with Crippen LogP contribution in [0.25, 0.3) is 0 Å². The van der Waals surface area contributed by atoms with Crippen LogP contribution in [0.3, 0.4) is 0 Å². The molecule has 0 spiro atoms. The van der Waals surface area contributed by atoms with Gasteiger partial charge in [0, 0.05) is 0 Å². The molecule has 0 aromatic heterocycles. The van der Waals surface area contributed by atoms with Crippen molar-refractivity contribution in [3.05, 3.63) is 53.1 Å². The minimum atomic E-state index is -0.793. The Morgan fingerprint density at radius 2 is 1.67 bits per heavy atom. The van der Waals surface area contributed by atoms with Crippen LogP contribution < -0.4 is 14.2 Å². The van der Waals surface area contributed by atoms with Gasteiger partial charge in [-0.15, -0.1) is 0 Å². The van der Waals surface area contributed by atoms with Gasteiger partial charge in [0.05, 0.1) is 19.2 Å². The molecular weight excluding hydrogens is 292 g/mol. The van der Waals surface area contributed by atoms with Crippen LogP contribution in [-0.4, -0.2) is 25.9 Å². The summed E-state index contributed by atoms with van der Waals surface area (Å²) in [5, 5.41) is 10.6. The van der Waals surface area contributed by atoms with Crippen molar-refractivity contribution < 1.29 is 19.3 Å². The first-order valence-electron chi connectivity index (χ1n) is 6.43. The van der Waals surface area contributed by atoms with Crippen LogP contribution in [0.15, 0.2) is 42.5 Å². The van der Waals surface area contributed by atoms with E-state index >= 15 is 0 Å². The minimum absolute atomic E-state index is 0.100. The fraction of sp³-hybridized carbons (Fsp3) is 0.250. The van der Waals surface area contributed by atoms with Crippen molar-refractivity contribution in [1.82, 2.24) is 0 Å². The predicted molar refractivity (Wildman–Crippen MR) is 81.5 cm³/mol. The third kappa shape index (κ3) is 3.80. The van der Waals surface area contributed by atoms with Crippen LogP contribution in [0, 0.1) is 0 Å². The van der Waals surface area contributed by atoms with Gasteiger partial charge in [-0.25, -0.2) is 0 Å². The van der Waals surface area contributed by atoms with Crippen molar-refractivity contribution in [2.45, 2.75) is 6.10 Å². The van der Waals surface area contributed by atoms with Crippen LogP contribution in [-0.2, 0) is 0 Å². The number of hydrogen-bond donors (Lipinski definition) is 1. The van der Waals surface area contributed by atoms with Crippen molar-refractivity contribution >= 4 is 11.6 Å². The maximum absolute atomic E-state index is 10.2. The Balaban J connectivity index is 2.04. The summed E-state index contributed by atoms with van der Waals surface area (Å²) in [6.45, 7) is 0.100. The van der Waals surface area contributed by atoms with Crippen molar-refractivity contribution in [3.8, 4) is 17.2 Å². The zero-order valence-electron chi connectivity index (χ0n) is 11.9. The summed E-state index contributed by atoms with van der Waals surface area (Å²) in [5.74, 6) is 1.77. The second-order valence-electron chi connectivity index (χ2n) is 4.37. The van der Waals surface area contributed by atoms with Crippen LogP contribution in [0.5, 0.6) is 17.2 Å². The Hall–Kier alpha value is -1.91. The van der Waals surface area contributed by atoms with E-state index in [9.17, 15) is 5.11 Å². The first kappa shape index (κ1) is 15.5. The van der Waals surface area contributed by atoms with Gasteiger partial charge in [0.25, 0.3) is 0 Å². The molecule has 5 heteroatoms. The largest absolute Gasteiger partial charge is 0.495 e. The quantitative estimate of drug-likeness (QED) is 0.887. The zero-order chi connectivity index (χ0) is 15.2.